The molecule has 8 aromatic carbocycles. The lowest BCUT2D eigenvalue weighted by Gasteiger charge is -2.22. The highest BCUT2D eigenvalue weighted by Crippen LogP contribution is 2.33. The molecular weight excluding hydrogens is 1370 g/mol. The second-order valence-corrected chi connectivity index (χ2v) is 26.0. The molecule has 2 aromatic heterocycles. The number of carboxylic acids is 1. The van der Waals surface area contributed by atoms with Crippen LogP contribution in [-0.2, 0) is 28.4 Å². The average molecular weight is 1460 g/mol. The number of halogens is 2. The van der Waals surface area contributed by atoms with Crippen LogP contribution in [0.15, 0.2) is 179 Å². The van der Waals surface area contributed by atoms with E-state index in [1.165, 1.54) is 40.0 Å². The molecule has 0 bridgehead atoms. The third-order valence-corrected chi connectivity index (χ3v) is 14.8. The molecule has 11 rings (SSSR count). The fourth-order valence-corrected chi connectivity index (χ4v) is 9.20. The summed E-state index contributed by atoms with van der Waals surface area (Å²) in [5.74, 6) is -1.06. The number of benzene rings is 8. The van der Waals surface area contributed by atoms with Crippen molar-refractivity contribution in [1.29, 1.82) is 0 Å². The minimum absolute atomic E-state index is 0.0394. The van der Waals surface area contributed by atoms with Crippen molar-refractivity contribution in [3.05, 3.63) is 239 Å². The van der Waals surface area contributed by atoms with E-state index in [0.29, 0.717) is 72.3 Å². The predicted molar refractivity (Wildman–Crippen MR) is 419 cm³/mol. The first-order valence-electron chi connectivity index (χ1n) is 31.7. The van der Waals surface area contributed by atoms with Gasteiger partial charge in [-0.05, 0) is 201 Å². The summed E-state index contributed by atoms with van der Waals surface area (Å²) in [6.45, 7) is 22.4. The van der Waals surface area contributed by atoms with Crippen LogP contribution in [0.3, 0.4) is 0 Å². The molecular formula is C75H86Cl2N16O11. The van der Waals surface area contributed by atoms with Gasteiger partial charge >= 0.3 is 18.2 Å². The number of carbonyl (C=O) groups is 4. The fraction of sp³-hybridized carbons (Fsp3) is 0.213. The molecule has 0 saturated carbocycles. The molecule has 1 aliphatic heterocycles. The number of anilines is 10. The SMILES string of the molecule is C=C1c2cc(Cl)ccc2N=CN1C.CNC=O.Cc1ccc(N)cc1Nc1ccc2ncn(C)c(=O)c2c1.Cc1ccc(N)cc1[N+](=O)[O-].Cc1ccc(NC(=O)OC(C)(C)C)cc1N.Cc1ccc(NC(=O)OC(C)(C)C)cc1Nc1ccc2ncn(C)c(=O)c2c1.Nc1ccc(Cl)cc1C(=O)O. The first-order chi connectivity index (χ1) is 48.8. The molecule has 0 saturated heterocycles. The maximum absolute atomic E-state index is 12.3. The Morgan fingerprint density at radius 1 is 0.587 bits per heavy atom. The van der Waals surface area contributed by atoms with E-state index in [1.54, 1.807) is 76.9 Å². The number of carboxylic acid groups (broad SMARTS) is 1. The summed E-state index contributed by atoms with van der Waals surface area (Å²) in [4.78, 5) is 91.9. The van der Waals surface area contributed by atoms with Gasteiger partial charge in [0, 0.05) is 118 Å². The number of nitro groups is 1. The number of rotatable bonds is 9. The first kappa shape index (κ1) is 82.2. The number of hydrogen-bond donors (Lipinski definition) is 10. The number of nitro benzene ring substituents is 1. The molecule has 104 heavy (non-hydrogen) atoms. The van der Waals surface area contributed by atoms with Crippen molar-refractivity contribution in [3.8, 4) is 0 Å². The van der Waals surface area contributed by atoms with E-state index in [4.69, 9.17) is 65.5 Å². The van der Waals surface area contributed by atoms with Crippen LogP contribution in [0.1, 0.15) is 79.7 Å². The van der Waals surface area contributed by atoms with Gasteiger partial charge in [0.2, 0.25) is 6.41 Å². The summed E-state index contributed by atoms with van der Waals surface area (Å²) in [6.07, 6.45) is 4.42. The summed E-state index contributed by atoms with van der Waals surface area (Å²) >= 11 is 11.4. The number of nitrogens with two attached hydrogens (primary N) is 4. The number of nitrogens with one attached hydrogen (secondary N) is 5. The van der Waals surface area contributed by atoms with E-state index >= 15 is 0 Å². The quantitative estimate of drug-likeness (QED) is 0.0278. The van der Waals surface area contributed by atoms with Crippen molar-refractivity contribution in [2.75, 3.05) is 58.3 Å². The number of aryl methyl sites for hydroxylation is 6. The molecule has 3 amide bonds. The Balaban J connectivity index is 0.000000229. The number of aliphatic imine (C=N–C) groups is 1. The lowest BCUT2D eigenvalue weighted by atomic mass is 10.1. The number of hydrogen-bond acceptors (Lipinski definition) is 20. The van der Waals surface area contributed by atoms with Gasteiger partial charge in [-0.1, -0.05) is 54.0 Å². The molecule has 0 fully saturated rings. The molecule has 1 aliphatic rings. The van der Waals surface area contributed by atoms with Gasteiger partial charge in [-0.2, -0.15) is 0 Å². The standard InChI is InChI=1S/C21H24N4O3.C16H16N4O.C12H18N2O2.C10H9ClN2.C7H6ClNO2.C7H8N2O2.C2H5NO/c1-13-6-7-15(24-20(27)28-21(2,3)4)11-18(13)23-14-8-9-17-16(10-14)19(26)25(5)12-22-17;1-10-3-4-11(17)7-15(10)19-12-5-6-14-13(8-12)16(21)20(2)9-18-14;1-8-5-6-9(7-10(8)13)14-11(15)16-12(2,3)4;1-7-9-5-8(11)3-4-10(9)12-6-13(7)2;8-4-1-2-6(9)5(3-4)7(10)11;1-5-2-3-6(8)4-7(5)9(10)11;1-3-2-4/h6-12,23H,1-5H3,(H,24,27);3-9,19H,17H2,1-2H3;5-7H,13H2,1-4H3,(H,14,15);3-6H,1H2,2H3;1-3H,9H2,(H,10,11);2-4H,8H2,1H3;2H,1H3,(H,3,4). The van der Waals surface area contributed by atoms with Crippen LogP contribution < -0.4 is 60.6 Å². The van der Waals surface area contributed by atoms with Crippen molar-refractivity contribution < 1.29 is 38.7 Å². The Hall–Kier alpha value is -12.5. The maximum Gasteiger partial charge on any atom is 0.412 e. The Labute approximate surface area is 611 Å². The number of fused-ring (bicyclic) bond motifs is 3. The van der Waals surface area contributed by atoms with Crippen LogP contribution >= 0.6 is 23.2 Å². The number of aromatic carboxylic acids is 1. The molecule has 0 radical (unpaired) electrons. The fourth-order valence-electron chi connectivity index (χ4n) is 8.86. The largest absolute Gasteiger partial charge is 0.478 e. The number of aromatic nitrogens is 4. The Bertz CT molecular complexity index is 4870. The molecule has 10 aromatic rings. The normalized spacial score (nSPS) is 11.0. The van der Waals surface area contributed by atoms with Crippen LogP contribution in [0.25, 0.3) is 27.5 Å². The number of ether oxygens (including phenoxy) is 2. The van der Waals surface area contributed by atoms with Crippen molar-refractivity contribution in [2.45, 2.75) is 80.4 Å². The molecule has 0 unspecified atom stereocenters. The maximum atomic E-state index is 12.3. The third-order valence-electron chi connectivity index (χ3n) is 14.3. The zero-order valence-corrected chi connectivity index (χ0v) is 61.6. The van der Waals surface area contributed by atoms with Crippen LogP contribution in [0.5, 0.6) is 0 Å². The molecule has 546 valence electrons. The molecule has 0 atom stereocenters. The van der Waals surface area contributed by atoms with E-state index in [2.05, 4.69) is 48.1 Å². The minimum atomic E-state index is -1.06. The average Bonchev–Trinajstić information content (AvgIpc) is 0.810. The topological polar surface area (TPSA) is 400 Å². The lowest BCUT2D eigenvalue weighted by molar-refractivity contribution is -0.385. The highest BCUT2D eigenvalue weighted by molar-refractivity contribution is 6.31. The van der Waals surface area contributed by atoms with Gasteiger partial charge in [0.1, 0.15) is 11.2 Å². The monoisotopic (exact) mass is 1460 g/mol. The number of nitrogen functional groups attached to an aromatic ring is 4. The molecule has 27 nitrogen and oxygen atoms in total. The van der Waals surface area contributed by atoms with Gasteiger partial charge in [0.25, 0.3) is 16.8 Å². The van der Waals surface area contributed by atoms with Gasteiger partial charge in [0.05, 0.1) is 57.0 Å². The zero-order chi connectivity index (χ0) is 77.5. The van der Waals surface area contributed by atoms with Crippen molar-refractivity contribution in [3.63, 3.8) is 0 Å². The second kappa shape index (κ2) is 37.3. The van der Waals surface area contributed by atoms with Crippen molar-refractivity contribution in [1.82, 2.24) is 29.3 Å². The summed E-state index contributed by atoms with van der Waals surface area (Å²) in [5.41, 5.74) is 35.6. The van der Waals surface area contributed by atoms with Gasteiger partial charge < -0.3 is 67.5 Å². The van der Waals surface area contributed by atoms with Crippen LogP contribution in [0.2, 0.25) is 10.0 Å². The van der Waals surface area contributed by atoms with Crippen LogP contribution in [0, 0.1) is 37.8 Å². The zero-order valence-electron chi connectivity index (χ0n) is 60.1. The molecule has 14 N–H and O–H groups in total. The van der Waals surface area contributed by atoms with E-state index in [1.807, 2.05) is 159 Å². The smallest absolute Gasteiger partial charge is 0.412 e. The summed E-state index contributed by atoms with van der Waals surface area (Å²) < 4.78 is 13.3. The number of carbonyl (C=O) groups excluding carboxylic acids is 3. The first-order valence-corrected chi connectivity index (χ1v) is 32.5. The highest BCUT2D eigenvalue weighted by Gasteiger charge is 2.19. The lowest BCUT2D eigenvalue weighted by Crippen LogP contribution is -2.27. The van der Waals surface area contributed by atoms with E-state index in [9.17, 15) is 34.1 Å². The van der Waals surface area contributed by atoms with Gasteiger partial charge in [-0.25, -0.2) is 29.3 Å². The van der Waals surface area contributed by atoms with E-state index in [-0.39, 0.29) is 28.1 Å². The minimum Gasteiger partial charge on any atom is -0.478 e. The van der Waals surface area contributed by atoms with Crippen molar-refractivity contribution in [2.24, 2.45) is 19.1 Å². The summed E-state index contributed by atoms with van der Waals surface area (Å²) in [7, 11) is 6.84. The summed E-state index contributed by atoms with van der Waals surface area (Å²) in [6, 6.07) is 42.1. The Morgan fingerprint density at radius 3 is 1.49 bits per heavy atom. The molecule has 0 aliphatic carbocycles. The molecule has 29 heteroatoms. The van der Waals surface area contributed by atoms with Gasteiger partial charge in [-0.15, -0.1) is 0 Å². The number of nitrogens with zero attached hydrogens (tertiary/aromatic N) is 7. The van der Waals surface area contributed by atoms with Gasteiger partial charge in [0.15, 0.2) is 0 Å². The Morgan fingerprint density at radius 2 is 1.03 bits per heavy atom. The molecule has 0 spiro atoms. The molecule has 3 heterocycles. The van der Waals surface area contributed by atoms with E-state index < -0.39 is 34.3 Å². The third kappa shape index (κ3) is 25.6. The van der Waals surface area contributed by atoms with Crippen molar-refractivity contribution >= 4 is 150 Å². The van der Waals surface area contributed by atoms with Gasteiger partial charge in [-0.3, -0.25) is 35.1 Å². The summed E-state index contributed by atoms with van der Waals surface area (Å²) in [5, 5.41) is 35.3. The van der Waals surface area contributed by atoms with Crippen LogP contribution in [-0.4, -0.2) is 90.2 Å². The Kier molecular flexibility index (Phi) is 29.4. The van der Waals surface area contributed by atoms with Crippen LogP contribution in [0.4, 0.5) is 77.8 Å². The highest BCUT2D eigenvalue weighted by atomic mass is 35.5. The van der Waals surface area contributed by atoms with E-state index in [0.717, 1.165) is 56.4 Å². The second-order valence-electron chi connectivity index (χ2n) is 25.2. The predicted octanol–water partition coefficient (Wildman–Crippen LogP) is 15.2. The number of amides is 3.